The summed E-state index contributed by atoms with van der Waals surface area (Å²) in [6, 6.07) is 5.30. The van der Waals surface area contributed by atoms with E-state index in [9.17, 15) is 28.1 Å². The Balaban J connectivity index is 2.35. The van der Waals surface area contributed by atoms with Crippen LogP contribution < -0.4 is 15.8 Å². The number of hydrogen-bond acceptors (Lipinski definition) is 5. The summed E-state index contributed by atoms with van der Waals surface area (Å²) in [6.07, 6.45) is -4.28. The molecule has 7 nitrogen and oxygen atoms in total. The summed E-state index contributed by atoms with van der Waals surface area (Å²) in [5.41, 5.74) is 3.94. The maximum atomic E-state index is 12.7. The van der Waals surface area contributed by atoms with Gasteiger partial charge in [0.2, 0.25) is 5.91 Å². The molecule has 0 aliphatic heterocycles. The van der Waals surface area contributed by atoms with E-state index >= 15 is 0 Å². The molecule has 0 bridgehead atoms. The Bertz CT molecular complexity index is 906. The predicted octanol–water partition coefficient (Wildman–Crippen LogP) is 4.74. The number of hydrogen-bond donors (Lipinski definition) is 2. The number of nitrogens with two attached hydrogens (primary N) is 1. The second-order valence-corrected chi connectivity index (χ2v) is 6.10. The molecule has 1 atom stereocenters. The van der Waals surface area contributed by atoms with Crippen molar-refractivity contribution in [3.63, 3.8) is 0 Å². The van der Waals surface area contributed by atoms with Gasteiger partial charge < -0.3 is 15.8 Å². The van der Waals surface area contributed by atoms with Gasteiger partial charge in [0.05, 0.1) is 15.5 Å². The van der Waals surface area contributed by atoms with Gasteiger partial charge in [0.25, 0.3) is 5.69 Å². The molecule has 0 aliphatic carbocycles. The van der Waals surface area contributed by atoms with E-state index in [-0.39, 0.29) is 34.3 Å². The van der Waals surface area contributed by atoms with Crippen LogP contribution in [0.1, 0.15) is 18.9 Å². The van der Waals surface area contributed by atoms with Gasteiger partial charge in [-0.25, -0.2) is 0 Å². The lowest BCUT2D eigenvalue weighted by molar-refractivity contribution is -0.384. The summed E-state index contributed by atoms with van der Waals surface area (Å²) in [7, 11) is 0. The number of benzene rings is 2. The minimum absolute atomic E-state index is 0.0313. The minimum Gasteiger partial charge on any atom is -0.456 e. The van der Waals surface area contributed by atoms with Crippen molar-refractivity contribution in [2.24, 2.45) is 5.73 Å². The zero-order chi connectivity index (χ0) is 21.1. The van der Waals surface area contributed by atoms with E-state index in [0.29, 0.717) is 6.07 Å². The number of nitrogens with one attached hydrogen (secondary N) is 1. The zero-order valence-electron chi connectivity index (χ0n) is 14.4. The molecule has 0 heterocycles. The number of anilines is 1. The second-order valence-electron chi connectivity index (χ2n) is 5.69. The molecular formula is C17H15ClF3N3O4. The molecule has 11 heteroatoms. The van der Waals surface area contributed by atoms with Crippen LogP contribution in [0, 0.1) is 10.1 Å². The summed E-state index contributed by atoms with van der Waals surface area (Å²) in [5, 5.41) is 13.6. The molecule has 28 heavy (non-hydrogen) atoms. The molecule has 0 fully saturated rings. The molecule has 2 aromatic rings. The number of primary amides is 1. The van der Waals surface area contributed by atoms with E-state index in [0.717, 1.165) is 18.2 Å². The molecule has 0 saturated carbocycles. The summed E-state index contributed by atoms with van der Waals surface area (Å²) in [6.45, 7) is 1.66. The van der Waals surface area contributed by atoms with Crippen LogP contribution in [0.5, 0.6) is 11.5 Å². The third-order valence-corrected chi connectivity index (χ3v) is 4.03. The number of nitro groups is 1. The first-order valence-electron chi connectivity index (χ1n) is 7.91. The first-order valence-corrected chi connectivity index (χ1v) is 8.29. The fourth-order valence-corrected chi connectivity index (χ4v) is 2.52. The third-order valence-electron chi connectivity index (χ3n) is 3.73. The SMILES string of the molecule is CCC(Nc1cc(Oc2ccc(C(F)(F)F)cc2Cl)ccc1[N+](=O)[O-])C(N)=O. The number of nitro benzene ring substituents is 1. The number of amides is 1. The molecule has 3 N–H and O–H groups in total. The molecule has 0 radical (unpaired) electrons. The van der Waals surface area contributed by atoms with Crippen molar-refractivity contribution in [1.82, 2.24) is 0 Å². The lowest BCUT2D eigenvalue weighted by Gasteiger charge is -2.16. The smallest absolute Gasteiger partial charge is 0.416 e. The van der Waals surface area contributed by atoms with Crippen molar-refractivity contribution in [3.05, 3.63) is 57.1 Å². The monoisotopic (exact) mass is 417 g/mol. The molecule has 1 amide bonds. The maximum Gasteiger partial charge on any atom is 0.416 e. The molecule has 150 valence electrons. The lowest BCUT2D eigenvalue weighted by Crippen LogP contribution is -2.34. The molecule has 2 rings (SSSR count). The van der Waals surface area contributed by atoms with E-state index in [1.165, 1.54) is 12.1 Å². The van der Waals surface area contributed by atoms with Gasteiger partial charge in [0, 0.05) is 12.1 Å². The summed E-state index contributed by atoms with van der Waals surface area (Å²) in [5.74, 6) is -0.709. The zero-order valence-corrected chi connectivity index (χ0v) is 15.2. The van der Waals surface area contributed by atoms with Crippen LogP contribution in [0.3, 0.4) is 0 Å². The first-order chi connectivity index (χ1) is 13.0. The number of alkyl halides is 3. The van der Waals surface area contributed by atoms with Crippen LogP contribution in [-0.2, 0) is 11.0 Å². The fraction of sp³-hybridized carbons (Fsp3) is 0.235. The molecule has 2 aromatic carbocycles. The highest BCUT2D eigenvalue weighted by molar-refractivity contribution is 6.32. The Morgan fingerprint density at radius 3 is 2.50 bits per heavy atom. The standard InChI is InChI=1S/C17H15ClF3N3O4/c1-2-12(16(22)25)23-13-8-10(4-5-14(13)24(26)27)28-15-6-3-9(7-11(15)18)17(19,20)21/h3-8,12,23H,2H2,1H3,(H2,22,25). The largest absolute Gasteiger partial charge is 0.456 e. The van der Waals surface area contributed by atoms with Gasteiger partial charge in [0.1, 0.15) is 23.2 Å². The minimum atomic E-state index is -4.56. The van der Waals surface area contributed by atoms with Crippen LogP contribution in [0.4, 0.5) is 24.5 Å². The van der Waals surface area contributed by atoms with Gasteiger partial charge in [0.15, 0.2) is 0 Å². The Morgan fingerprint density at radius 1 is 1.32 bits per heavy atom. The van der Waals surface area contributed by atoms with E-state index in [1.807, 2.05) is 0 Å². The molecule has 0 aromatic heterocycles. The van der Waals surface area contributed by atoms with Crippen molar-refractivity contribution < 1.29 is 27.6 Å². The van der Waals surface area contributed by atoms with Crippen LogP contribution >= 0.6 is 11.6 Å². The highest BCUT2D eigenvalue weighted by atomic mass is 35.5. The van der Waals surface area contributed by atoms with Crippen LogP contribution in [-0.4, -0.2) is 16.9 Å². The van der Waals surface area contributed by atoms with Gasteiger partial charge >= 0.3 is 6.18 Å². The molecule has 0 aliphatic rings. The molecule has 0 spiro atoms. The number of halogens is 4. The van der Waals surface area contributed by atoms with Gasteiger partial charge in [-0.05, 0) is 30.7 Å². The van der Waals surface area contributed by atoms with Crippen molar-refractivity contribution >= 4 is 28.9 Å². The highest BCUT2D eigenvalue weighted by Gasteiger charge is 2.31. The topological polar surface area (TPSA) is 107 Å². The normalized spacial score (nSPS) is 12.3. The Morgan fingerprint density at radius 2 is 2.00 bits per heavy atom. The number of rotatable bonds is 7. The van der Waals surface area contributed by atoms with Gasteiger partial charge in [-0.15, -0.1) is 0 Å². The van der Waals surface area contributed by atoms with Crippen molar-refractivity contribution in [3.8, 4) is 11.5 Å². The van der Waals surface area contributed by atoms with E-state index in [4.69, 9.17) is 22.1 Å². The van der Waals surface area contributed by atoms with Crippen molar-refractivity contribution in [2.75, 3.05) is 5.32 Å². The number of carbonyl (C=O) groups is 1. The van der Waals surface area contributed by atoms with Crippen molar-refractivity contribution in [2.45, 2.75) is 25.6 Å². The Labute approximate surface area is 162 Å². The molecular weight excluding hydrogens is 403 g/mol. The Kier molecular flexibility index (Phi) is 6.34. The summed E-state index contributed by atoms with van der Waals surface area (Å²) < 4.78 is 43.6. The first kappa shape index (κ1) is 21.3. The van der Waals surface area contributed by atoms with Gasteiger partial charge in [-0.2, -0.15) is 13.2 Å². The summed E-state index contributed by atoms with van der Waals surface area (Å²) >= 11 is 5.85. The number of ether oxygens (including phenoxy) is 1. The van der Waals surface area contributed by atoms with Crippen LogP contribution in [0.15, 0.2) is 36.4 Å². The van der Waals surface area contributed by atoms with Gasteiger partial charge in [-0.1, -0.05) is 18.5 Å². The number of carbonyl (C=O) groups excluding carboxylic acids is 1. The molecule has 0 saturated heterocycles. The van der Waals surface area contributed by atoms with Gasteiger partial charge in [-0.3, -0.25) is 14.9 Å². The van der Waals surface area contributed by atoms with E-state index in [1.54, 1.807) is 6.92 Å². The van der Waals surface area contributed by atoms with E-state index in [2.05, 4.69) is 5.32 Å². The summed E-state index contributed by atoms with van der Waals surface area (Å²) in [4.78, 5) is 21.9. The third kappa shape index (κ3) is 5.03. The van der Waals surface area contributed by atoms with Crippen molar-refractivity contribution in [1.29, 1.82) is 0 Å². The quantitative estimate of drug-likeness (QED) is 0.500. The average molecular weight is 418 g/mol. The maximum absolute atomic E-state index is 12.7. The highest BCUT2D eigenvalue weighted by Crippen LogP contribution is 2.38. The molecule has 1 unspecified atom stereocenters. The second kappa shape index (κ2) is 8.34. The van der Waals surface area contributed by atoms with Crippen LogP contribution in [0.2, 0.25) is 5.02 Å². The lowest BCUT2D eigenvalue weighted by atomic mass is 10.1. The fourth-order valence-electron chi connectivity index (χ4n) is 2.30. The predicted molar refractivity (Wildman–Crippen MR) is 96.5 cm³/mol. The Hall–Kier alpha value is -3.01. The number of nitrogens with zero attached hydrogens (tertiary/aromatic N) is 1. The van der Waals surface area contributed by atoms with Crippen LogP contribution in [0.25, 0.3) is 0 Å². The van der Waals surface area contributed by atoms with E-state index < -0.39 is 28.6 Å². The average Bonchev–Trinajstić information content (AvgIpc) is 2.60.